The van der Waals surface area contributed by atoms with E-state index >= 15 is 0 Å². The van der Waals surface area contributed by atoms with Crippen LogP contribution >= 0.6 is 0 Å². The normalized spacial score (nSPS) is 6.91. The Balaban J connectivity index is 0.000000292. The van der Waals surface area contributed by atoms with Gasteiger partial charge < -0.3 is 9.84 Å². The second-order valence-corrected chi connectivity index (χ2v) is 1.62. The van der Waals surface area contributed by atoms with E-state index in [1.807, 2.05) is 30.3 Å². The number of aliphatic hydroxyl groups is 1. The van der Waals surface area contributed by atoms with E-state index in [0.29, 0.717) is 0 Å². The van der Waals surface area contributed by atoms with Gasteiger partial charge in [0.1, 0.15) is 5.75 Å². The van der Waals surface area contributed by atoms with Crippen molar-refractivity contribution in [2.45, 2.75) is 0 Å². The highest BCUT2D eigenvalue weighted by atomic mass is 16.5. The number of aliphatic hydroxyl groups excluding tert-OH is 1. The van der Waals surface area contributed by atoms with Crippen LogP contribution in [0.5, 0.6) is 5.75 Å². The van der Waals surface area contributed by atoms with Crippen LogP contribution in [-0.4, -0.2) is 12.2 Å². The molecule has 0 unspecified atom stereocenters. The van der Waals surface area contributed by atoms with E-state index in [9.17, 15) is 0 Å². The Hall–Kier alpha value is -1.69. The molecule has 11 heavy (non-hydrogen) atoms. The maximum atomic E-state index is 6.88. The standard InChI is InChI=1S/C7H8O.CHNO/c1-8-7-5-3-2-4-6-7;2-1-3/h2-6H,1H3;3H. The van der Waals surface area contributed by atoms with Crippen molar-refractivity contribution in [2.75, 3.05) is 7.11 Å². The summed E-state index contributed by atoms with van der Waals surface area (Å²) < 4.78 is 4.91. The highest BCUT2D eigenvalue weighted by Gasteiger charge is 1.80. The van der Waals surface area contributed by atoms with Crippen molar-refractivity contribution in [3.63, 3.8) is 0 Å². The zero-order valence-corrected chi connectivity index (χ0v) is 6.19. The lowest BCUT2D eigenvalue weighted by Crippen LogP contribution is -1.78. The molecule has 0 bridgehead atoms. The Morgan fingerprint density at radius 1 is 1.36 bits per heavy atom. The van der Waals surface area contributed by atoms with Crippen molar-refractivity contribution < 1.29 is 9.84 Å². The van der Waals surface area contributed by atoms with Crippen LogP contribution in [0.15, 0.2) is 30.3 Å². The minimum absolute atomic E-state index is 0.750. The Bertz CT molecular complexity index is 215. The van der Waals surface area contributed by atoms with Gasteiger partial charge >= 0.3 is 0 Å². The smallest absolute Gasteiger partial charge is 0.283 e. The highest BCUT2D eigenvalue weighted by Crippen LogP contribution is 2.05. The second kappa shape index (κ2) is 6.43. The third kappa shape index (κ3) is 4.79. The Labute approximate surface area is 65.5 Å². The fourth-order valence-electron chi connectivity index (χ4n) is 0.557. The van der Waals surface area contributed by atoms with Crippen LogP contribution < -0.4 is 4.74 Å². The van der Waals surface area contributed by atoms with Gasteiger partial charge in [-0.25, -0.2) is 0 Å². The minimum atomic E-state index is 0.750. The maximum Gasteiger partial charge on any atom is 0.283 e. The average molecular weight is 151 g/mol. The fourth-order valence-corrected chi connectivity index (χ4v) is 0.557. The molecule has 58 valence electrons. The third-order valence-corrected chi connectivity index (χ3v) is 0.979. The monoisotopic (exact) mass is 151 g/mol. The number of rotatable bonds is 1. The Kier molecular flexibility index (Phi) is 5.44. The van der Waals surface area contributed by atoms with Crippen LogP contribution in [0.4, 0.5) is 0 Å². The number of para-hydroxylation sites is 1. The van der Waals surface area contributed by atoms with Crippen LogP contribution in [0, 0.1) is 11.5 Å². The number of methoxy groups -OCH3 is 1. The van der Waals surface area contributed by atoms with Crippen molar-refractivity contribution in [1.29, 1.82) is 5.26 Å². The molecule has 0 heterocycles. The van der Waals surface area contributed by atoms with Gasteiger partial charge in [-0.1, -0.05) is 18.2 Å². The number of hydrogen-bond acceptors (Lipinski definition) is 3. The summed E-state index contributed by atoms with van der Waals surface area (Å²) in [5.41, 5.74) is 0. The molecule has 1 N–H and O–H groups in total. The van der Waals surface area contributed by atoms with Crippen molar-refractivity contribution in [2.24, 2.45) is 0 Å². The lowest BCUT2D eigenvalue weighted by Gasteiger charge is -1.93. The Morgan fingerprint density at radius 2 is 1.82 bits per heavy atom. The zero-order chi connectivity index (χ0) is 8.53. The number of nitriles is 1. The van der Waals surface area contributed by atoms with Gasteiger partial charge in [-0.2, -0.15) is 5.26 Å². The number of nitrogens with zero attached hydrogens (tertiary/aromatic N) is 1. The molecule has 0 amide bonds. The summed E-state index contributed by atoms with van der Waals surface area (Å²) in [7, 11) is 1.66. The number of benzene rings is 1. The second-order valence-electron chi connectivity index (χ2n) is 1.62. The highest BCUT2D eigenvalue weighted by molar-refractivity contribution is 5.20. The lowest BCUT2D eigenvalue weighted by atomic mass is 10.3. The molecule has 0 aliphatic carbocycles. The van der Waals surface area contributed by atoms with Gasteiger partial charge in [0.2, 0.25) is 0 Å². The molecular formula is C8H9NO2. The van der Waals surface area contributed by atoms with Crippen LogP contribution in [0.1, 0.15) is 0 Å². The maximum absolute atomic E-state index is 6.88. The minimum Gasteiger partial charge on any atom is -0.497 e. The summed E-state index contributed by atoms with van der Waals surface area (Å²) in [6.45, 7) is 0. The third-order valence-electron chi connectivity index (χ3n) is 0.979. The van der Waals surface area contributed by atoms with Crippen LogP contribution in [-0.2, 0) is 0 Å². The van der Waals surface area contributed by atoms with Gasteiger partial charge in [0, 0.05) is 0 Å². The average Bonchev–Trinajstić information content (AvgIpc) is 2.08. The molecule has 0 atom stereocenters. The van der Waals surface area contributed by atoms with Crippen LogP contribution in [0.2, 0.25) is 0 Å². The lowest BCUT2D eigenvalue weighted by molar-refractivity contribution is 0.415. The molecule has 3 nitrogen and oxygen atoms in total. The van der Waals surface area contributed by atoms with E-state index in [4.69, 9.17) is 15.1 Å². The summed E-state index contributed by atoms with van der Waals surface area (Å²) in [6.07, 6.45) is 0.750. The molecule has 3 heteroatoms. The molecule has 1 aromatic rings. The first-order chi connectivity index (χ1) is 5.35. The molecule has 0 fully saturated rings. The summed E-state index contributed by atoms with van der Waals surface area (Å²) in [4.78, 5) is 0. The predicted molar refractivity (Wildman–Crippen MR) is 40.5 cm³/mol. The van der Waals surface area contributed by atoms with Gasteiger partial charge in [0.15, 0.2) is 0 Å². The quantitative estimate of drug-likeness (QED) is 0.619. The van der Waals surface area contributed by atoms with Gasteiger partial charge in [0.05, 0.1) is 7.11 Å². The van der Waals surface area contributed by atoms with Gasteiger partial charge in [-0.3, -0.25) is 0 Å². The largest absolute Gasteiger partial charge is 0.497 e. The zero-order valence-electron chi connectivity index (χ0n) is 6.19. The van der Waals surface area contributed by atoms with Crippen LogP contribution in [0.25, 0.3) is 0 Å². The van der Waals surface area contributed by atoms with E-state index < -0.39 is 0 Å². The summed E-state index contributed by atoms with van der Waals surface area (Å²) >= 11 is 0. The van der Waals surface area contributed by atoms with Crippen molar-refractivity contribution in [1.82, 2.24) is 0 Å². The van der Waals surface area contributed by atoms with E-state index in [-0.39, 0.29) is 0 Å². The molecule has 0 saturated carbocycles. The number of ether oxygens (including phenoxy) is 1. The first-order valence-electron chi connectivity index (χ1n) is 2.97. The van der Waals surface area contributed by atoms with E-state index in [0.717, 1.165) is 12.0 Å². The molecular weight excluding hydrogens is 142 g/mol. The molecule has 0 aliphatic heterocycles. The van der Waals surface area contributed by atoms with E-state index in [2.05, 4.69) is 0 Å². The molecule has 0 aromatic heterocycles. The van der Waals surface area contributed by atoms with E-state index in [1.165, 1.54) is 0 Å². The summed E-state index contributed by atoms with van der Waals surface area (Å²) in [6, 6.07) is 9.68. The Morgan fingerprint density at radius 3 is 2.09 bits per heavy atom. The molecule has 0 radical (unpaired) electrons. The van der Waals surface area contributed by atoms with Gasteiger partial charge in [-0.15, -0.1) is 0 Å². The first kappa shape index (κ1) is 9.31. The predicted octanol–water partition coefficient (Wildman–Crippen LogP) is 1.54. The molecule has 1 aromatic carbocycles. The van der Waals surface area contributed by atoms with Crippen molar-refractivity contribution in [3.8, 4) is 12.0 Å². The molecule has 0 aliphatic rings. The number of hydrogen-bond donors (Lipinski definition) is 1. The van der Waals surface area contributed by atoms with Gasteiger partial charge in [-0.05, 0) is 12.1 Å². The summed E-state index contributed by atoms with van der Waals surface area (Å²) in [5, 5.41) is 13.8. The first-order valence-corrected chi connectivity index (χ1v) is 2.97. The summed E-state index contributed by atoms with van der Waals surface area (Å²) in [5.74, 6) is 0.910. The topological polar surface area (TPSA) is 53.2 Å². The van der Waals surface area contributed by atoms with E-state index in [1.54, 1.807) is 7.11 Å². The molecule has 0 saturated heterocycles. The van der Waals surface area contributed by atoms with Crippen molar-refractivity contribution in [3.05, 3.63) is 30.3 Å². The SMILES string of the molecule is COc1ccccc1.N#CO. The molecule has 0 spiro atoms. The van der Waals surface area contributed by atoms with Crippen molar-refractivity contribution >= 4 is 0 Å². The molecule has 1 rings (SSSR count). The van der Waals surface area contributed by atoms with Gasteiger partial charge in [0.25, 0.3) is 6.26 Å². The van der Waals surface area contributed by atoms with Crippen LogP contribution in [0.3, 0.4) is 0 Å². The fraction of sp³-hybridized carbons (Fsp3) is 0.125.